The van der Waals surface area contributed by atoms with Crippen LogP contribution < -0.4 is 16.0 Å². The van der Waals surface area contributed by atoms with Gasteiger partial charge in [-0.25, -0.2) is 10.8 Å². The van der Waals surface area contributed by atoms with Crippen LogP contribution in [0.15, 0.2) is 24.3 Å². The van der Waals surface area contributed by atoms with E-state index >= 15 is 0 Å². The predicted octanol–water partition coefficient (Wildman–Crippen LogP) is 2.59. The SMILES string of the molecule is CCCc1nc(COc2cccc(C)c2)sc1C(=O)NN. The zero-order chi connectivity index (χ0) is 15.2. The third-order valence-corrected chi connectivity index (χ3v) is 3.99. The zero-order valence-corrected chi connectivity index (χ0v) is 13.0. The van der Waals surface area contributed by atoms with Crippen molar-refractivity contribution >= 4 is 17.2 Å². The number of hydrazine groups is 1. The minimum Gasteiger partial charge on any atom is -0.486 e. The van der Waals surface area contributed by atoms with E-state index in [1.807, 2.05) is 38.1 Å². The van der Waals surface area contributed by atoms with E-state index < -0.39 is 0 Å². The number of nitrogens with one attached hydrogen (secondary N) is 1. The first kappa shape index (κ1) is 15.5. The topological polar surface area (TPSA) is 77.2 Å². The van der Waals surface area contributed by atoms with Crippen LogP contribution in [0.1, 0.15) is 39.3 Å². The number of nitrogen functional groups attached to an aromatic ring is 1. The summed E-state index contributed by atoms with van der Waals surface area (Å²) in [4.78, 5) is 16.8. The molecule has 2 rings (SSSR count). The summed E-state index contributed by atoms with van der Waals surface area (Å²) in [7, 11) is 0. The van der Waals surface area contributed by atoms with Crippen molar-refractivity contribution in [1.82, 2.24) is 10.4 Å². The highest BCUT2D eigenvalue weighted by Crippen LogP contribution is 2.22. The van der Waals surface area contributed by atoms with E-state index in [-0.39, 0.29) is 5.91 Å². The maximum Gasteiger partial charge on any atom is 0.277 e. The molecule has 3 N–H and O–H groups in total. The first-order valence-corrected chi connectivity index (χ1v) is 7.64. The van der Waals surface area contributed by atoms with Gasteiger partial charge in [0.15, 0.2) is 0 Å². The Morgan fingerprint density at radius 3 is 2.95 bits per heavy atom. The fourth-order valence-corrected chi connectivity index (χ4v) is 2.89. The minimum atomic E-state index is -0.294. The van der Waals surface area contributed by atoms with Gasteiger partial charge in [0, 0.05) is 0 Å². The van der Waals surface area contributed by atoms with Gasteiger partial charge in [0.25, 0.3) is 5.91 Å². The Labute approximate surface area is 128 Å². The molecule has 1 heterocycles. The number of aryl methyl sites for hydroxylation is 2. The lowest BCUT2D eigenvalue weighted by molar-refractivity contribution is 0.0956. The quantitative estimate of drug-likeness (QED) is 0.488. The second-order valence-corrected chi connectivity index (χ2v) is 5.80. The van der Waals surface area contributed by atoms with E-state index in [2.05, 4.69) is 10.4 Å². The van der Waals surface area contributed by atoms with Gasteiger partial charge in [0.1, 0.15) is 22.2 Å². The number of amides is 1. The number of carbonyl (C=O) groups is 1. The van der Waals surface area contributed by atoms with Crippen molar-refractivity contribution in [3.63, 3.8) is 0 Å². The van der Waals surface area contributed by atoms with Crippen molar-refractivity contribution < 1.29 is 9.53 Å². The normalized spacial score (nSPS) is 10.4. The van der Waals surface area contributed by atoms with Crippen molar-refractivity contribution in [2.75, 3.05) is 0 Å². The van der Waals surface area contributed by atoms with E-state index in [0.29, 0.717) is 11.5 Å². The maximum atomic E-state index is 11.7. The maximum absolute atomic E-state index is 11.7. The van der Waals surface area contributed by atoms with Crippen LogP contribution in [0.5, 0.6) is 5.75 Å². The molecule has 2 aromatic rings. The largest absolute Gasteiger partial charge is 0.486 e. The molecule has 0 aliphatic carbocycles. The van der Waals surface area contributed by atoms with E-state index in [0.717, 1.165) is 34.9 Å². The van der Waals surface area contributed by atoms with E-state index in [1.54, 1.807) is 0 Å². The van der Waals surface area contributed by atoms with E-state index in [9.17, 15) is 4.79 Å². The average molecular weight is 305 g/mol. The molecule has 0 aliphatic rings. The number of thiazole rings is 1. The number of rotatable bonds is 6. The Balaban J connectivity index is 2.11. The zero-order valence-electron chi connectivity index (χ0n) is 12.2. The molecule has 0 atom stereocenters. The smallest absolute Gasteiger partial charge is 0.277 e. The van der Waals surface area contributed by atoms with Crippen LogP contribution in [0.4, 0.5) is 0 Å². The Morgan fingerprint density at radius 2 is 2.29 bits per heavy atom. The highest BCUT2D eigenvalue weighted by molar-refractivity contribution is 7.13. The lowest BCUT2D eigenvalue weighted by Crippen LogP contribution is -2.30. The molecule has 0 radical (unpaired) electrons. The molecule has 112 valence electrons. The number of ether oxygens (including phenoxy) is 1. The van der Waals surface area contributed by atoms with Gasteiger partial charge in [0.05, 0.1) is 5.69 Å². The van der Waals surface area contributed by atoms with Gasteiger partial charge >= 0.3 is 0 Å². The van der Waals surface area contributed by atoms with Gasteiger partial charge in [-0.2, -0.15) is 0 Å². The van der Waals surface area contributed by atoms with Gasteiger partial charge in [-0.15, -0.1) is 11.3 Å². The first-order valence-electron chi connectivity index (χ1n) is 6.83. The molecule has 5 nitrogen and oxygen atoms in total. The molecule has 0 unspecified atom stereocenters. The van der Waals surface area contributed by atoms with Crippen LogP contribution in [-0.4, -0.2) is 10.9 Å². The lowest BCUT2D eigenvalue weighted by atomic mass is 10.2. The van der Waals surface area contributed by atoms with E-state index in [4.69, 9.17) is 10.6 Å². The summed E-state index contributed by atoms with van der Waals surface area (Å²) in [5.41, 5.74) is 4.09. The average Bonchev–Trinajstić information content (AvgIpc) is 2.88. The summed E-state index contributed by atoms with van der Waals surface area (Å²) in [6.45, 7) is 4.41. The molecule has 0 fully saturated rings. The molecule has 1 aromatic heterocycles. The third-order valence-electron chi connectivity index (χ3n) is 2.92. The van der Waals surface area contributed by atoms with Crippen LogP contribution in [-0.2, 0) is 13.0 Å². The van der Waals surface area contributed by atoms with Crippen LogP contribution in [0.25, 0.3) is 0 Å². The summed E-state index contributed by atoms with van der Waals surface area (Å²) in [6.07, 6.45) is 1.68. The highest BCUT2D eigenvalue weighted by Gasteiger charge is 2.17. The van der Waals surface area contributed by atoms with Gasteiger partial charge in [-0.1, -0.05) is 25.5 Å². The first-order chi connectivity index (χ1) is 10.1. The van der Waals surface area contributed by atoms with Crippen LogP contribution in [0.2, 0.25) is 0 Å². The fourth-order valence-electron chi connectivity index (χ4n) is 1.96. The van der Waals surface area contributed by atoms with Gasteiger partial charge < -0.3 is 4.74 Å². The number of nitrogens with two attached hydrogens (primary N) is 1. The molecule has 0 spiro atoms. The fraction of sp³-hybridized carbons (Fsp3) is 0.333. The summed E-state index contributed by atoms with van der Waals surface area (Å²) >= 11 is 1.33. The Hall–Kier alpha value is -1.92. The molecule has 0 bridgehead atoms. The van der Waals surface area contributed by atoms with Crippen molar-refractivity contribution in [2.45, 2.75) is 33.3 Å². The number of hydrogen-bond acceptors (Lipinski definition) is 5. The number of nitrogens with zero attached hydrogens (tertiary/aromatic N) is 1. The summed E-state index contributed by atoms with van der Waals surface area (Å²) < 4.78 is 5.72. The summed E-state index contributed by atoms with van der Waals surface area (Å²) in [6, 6.07) is 7.83. The van der Waals surface area contributed by atoms with Crippen molar-refractivity contribution in [2.24, 2.45) is 5.84 Å². The third kappa shape index (κ3) is 4.03. The number of benzene rings is 1. The second kappa shape index (κ2) is 7.19. The second-order valence-electron chi connectivity index (χ2n) is 4.71. The molecule has 0 aliphatic heterocycles. The molecule has 1 amide bonds. The van der Waals surface area contributed by atoms with Crippen LogP contribution in [0.3, 0.4) is 0 Å². The van der Waals surface area contributed by atoms with Crippen molar-refractivity contribution in [3.8, 4) is 5.75 Å². The molecule has 0 saturated heterocycles. The van der Waals surface area contributed by atoms with Gasteiger partial charge in [-0.05, 0) is 31.0 Å². The molecular weight excluding hydrogens is 286 g/mol. The predicted molar refractivity (Wildman–Crippen MR) is 83.3 cm³/mol. The standard InChI is InChI=1S/C15H19N3O2S/c1-3-5-12-14(15(19)18-16)21-13(17-12)9-20-11-7-4-6-10(2)8-11/h4,6-8H,3,5,9,16H2,1-2H3,(H,18,19). The van der Waals surface area contributed by atoms with Gasteiger partial charge in [0.2, 0.25) is 0 Å². The van der Waals surface area contributed by atoms with Crippen LogP contribution in [0, 0.1) is 6.92 Å². The minimum absolute atomic E-state index is 0.294. The van der Waals surface area contributed by atoms with Gasteiger partial charge in [-0.3, -0.25) is 10.2 Å². The van der Waals surface area contributed by atoms with Crippen molar-refractivity contribution in [1.29, 1.82) is 0 Å². The summed E-state index contributed by atoms with van der Waals surface area (Å²) in [5.74, 6) is 5.71. The van der Waals surface area contributed by atoms with Crippen LogP contribution >= 0.6 is 11.3 Å². The number of aromatic nitrogens is 1. The Morgan fingerprint density at radius 1 is 1.48 bits per heavy atom. The Bertz CT molecular complexity index is 625. The number of hydrogen-bond donors (Lipinski definition) is 2. The molecule has 0 saturated carbocycles. The molecule has 1 aromatic carbocycles. The molecule has 6 heteroatoms. The molecular formula is C15H19N3O2S. The molecule has 21 heavy (non-hydrogen) atoms. The monoisotopic (exact) mass is 305 g/mol. The highest BCUT2D eigenvalue weighted by atomic mass is 32.1. The Kier molecular flexibility index (Phi) is 5.30. The number of carbonyl (C=O) groups excluding carboxylic acids is 1. The van der Waals surface area contributed by atoms with Crippen molar-refractivity contribution in [3.05, 3.63) is 45.4 Å². The van der Waals surface area contributed by atoms with E-state index in [1.165, 1.54) is 11.3 Å². The summed E-state index contributed by atoms with van der Waals surface area (Å²) in [5, 5.41) is 0.776. The lowest BCUT2D eigenvalue weighted by Gasteiger charge is -2.04.